The number of esters is 1. The number of hydrogen-bond acceptors (Lipinski definition) is 8. The number of ether oxygens (including phenoxy) is 2. The van der Waals surface area contributed by atoms with E-state index in [4.69, 9.17) is 19.3 Å². The maximum absolute atomic E-state index is 12.3. The summed E-state index contributed by atoms with van der Waals surface area (Å²) in [5.41, 5.74) is 0. The summed E-state index contributed by atoms with van der Waals surface area (Å²) < 4.78 is 15.2. The van der Waals surface area contributed by atoms with Crippen molar-refractivity contribution in [3.8, 4) is 0 Å². The summed E-state index contributed by atoms with van der Waals surface area (Å²) in [7, 11) is 1.30. The summed E-state index contributed by atoms with van der Waals surface area (Å²) in [4.78, 5) is 39.5. The van der Waals surface area contributed by atoms with Crippen molar-refractivity contribution >= 4 is 23.9 Å². The zero-order valence-electron chi connectivity index (χ0n) is 13.8. The van der Waals surface area contributed by atoms with Crippen molar-refractivity contribution in [1.29, 1.82) is 5.41 Å². The van der Waals surface area contributed by atoms with Gasteiger partial charge in [0.15, 0.2) is 5.78 Å². The second kappa shape index (κ2) is 9.56. The van der Waals surface area contributed by atoms with Gasteiger partial charge < -0.3 is 24.6 Å². The van der Waals surface area contributed by atoms with Gasteiger partial charge in [0.2, 0.25) is 12.0 Å². The number of oxazole rings is 1. The van der Waals surface area contributed by atoms with Crippen LogP contribution in [-0.4, -0.2) is 48.1 Å². The van der Waals surface area contributed by atoms with Gasteiger partial charge in [0.25, 0.3) is 5.91 Å². The quantitative estimate of drug-likeness (QED) is 0.476. The van der Waals surface area contributed by atoms with E-state index in [0.717, 1.165) is 0 Å². The molecule has 0 bridgehead atoms. The second-order valence-electron chi connectivity index (χ2n) is 5.18. The third-order valence-corrected chi connectivity index (χ3v) is 2.94. The third kappa shape index (κ3) is 5.92. The lowest BCUT2D eigenvalue weighted by atomic mass is 10.1. The van der Waals surface area contributed by atoms with Crippen LogP contribution >= 0.6 is 0 Å². The fourth-order valence-corrected chi connectivity index (χ4v) is 1.85. The molecule has 0 aromatic carbocycles. The van der Waals surface area contributed by atoms with Crippen molar-refractivity contribution in [1.82, 2.24) is 10.3 Å². The van der Waals surface area contributed by atoms with Crippen molar-refractivity contribution in [2.45, 2.75) is 44.9 Å². The molecule has 9 nitrogen and oxygen atoms in total. The lowest BCUT2D eigenvalue weighted by Crippen LogP contribution is -2.45. The van der Waals surface area contributed by atoms with Crippen molar-refractivity contribution in [2.75, 3.05) is 7.11 Å². The summed E-state index contributed by atoms with van der Waals surface area (Å²) in [6.07, 6.45) is 1.75. The molecule has 0 aliphatic rings. The van der Waals surface area contributed by atoms with Gasteiger partial charge in [-0.25, -0.2) is 9.78 Å². The maximum atomic E-state index is 12.3. The van der Waals surface area contributed by atoms with Gasteiger partial charge in [-0.3, -0.25) is 9.59 Å². The Labute approximate surface area is 139 Å². The first-order valence-electron chi connectivity index (χ1n) is 7.35. The van der Waals surface area contributed by atoms with Gasteiger partial charge in [0, 0.05) is 13.5 Å². The number of ketones is 1. The number of carbonyl (C=O) groups is 3. The standard InChI is InChI=1S/C15H21N3O6/c1-9(2)24-15(21)11(5-4-10(19)8-16)18-13(20)12(22-3)14-17-6-7-23-14/h6-9,11-12,16H,4-5H2,1-3H3,(H,18,20)/t11-,12+/m0/s1. The lowest BCUT2D eigenvalue weighted by molar-refractivity contribution is -0.153. The van der Waals surface area contributed by atoms with Crippen LogP contribution in [0.3, 0.4) is 0 Å². The fourth-order valence-electron chi connectivity index (χ4n) is 1.85. The average Bonchev–Trinajstić information content (AvgIpc) is 3.05. The summed E-state index contributed by atoms with van der Waals surface area (Å²) in [6.45, 7) is 3.34. The Hall–Kier alpha value is -2.55. The van der Waals surface area contributed by atoms with Gasteiger partial charge in [-0.15, -0.1) is 0 Å². The van der Waals surface area contributed by atoms with E-state index in [1.807, 2.05) is 0 Å². The van der Waals surface area contributed by atoms with Crippen LogP contribution in [0.4, 0.5) is 0 Å². The van der Waals surface area contributed by atoms with Crippen LogP contribution in [0.2, 0.25) is 0 Å². The molecule has 1 amide bonds. The fraction of sp³-hybridized carbons (Fsp3) is 0.533. The number of nitrogens with zero attached hydrogens (tertiary/aromatic N) is 1. The molecule has 1 aromatic heterocycles. The normalized spacial score (nSPS) is 13.2. The molecule has 2 atom stereocenters. The minimum atomic E-state index is -1.13. The Balaban J connectivity index is 2.81. The van der Waals surface area contributed by atoms with E-state index in [9.17, 15) is 14.4 Å². The van der Waals surface area contributed by atoms with Crippen LogP contribution in [0, 0.1) is 5.41 Å². The Bertz CT molecular complexity index is 570. The summed E-state index contributed by atoms with van der Waals surface area (Å²) in [5, 5.41) is 9.36. The van der Waals surface area contributed by atoms with Crippen LogP contribution in [0.5, 0.6) is 0 Å². The first kappa shape index (κ1) is 19.5. The molecule has 0 fully saturated rings. The third-order valence-electron chi connectivity index (χ3n) is 2.94. The van der Waals surface area contributed by atoms with Gasteiger partial charge >= 0.3 is 5.97 Å². The molecule has 1 rings (SSSR count). The molecule has 0 spiro atoms. The highest BCUT2D eigenvalue weighted by atomic mass is 16.5. The molecule has 2 N–H and O–H groups in total. The first-order chi connectivity index (χ1) is 11.4. The van der Waals surface area contributed by atoms with Gasteiger partial charge in [0.05, 0.1) is 18.5 Å². The van der Waals surface area contributed by atoms with E-state index in [1.54, 1.807) is 13.8 Å². The molecule has 1 aromatic rings. The number of Topliss-reactive ketones (excluding diaryl/α,β-unsaturated/α-hetero) is 1. The highest BCUT2D eigenvalue weighted by Gasteiger charge is 2.30. The Morgan fingerprint density at radius 3 is 2.62 bits per heavy atom. The molecule has 132 valence electrons. The molecule has 0 aliphatic heterocycles. The van der Waals surface area contributed by atoms with E-state index >= 15 is 0 Å². The highest BCUT2D eigenvalue weighted by Crippen LogP contribution is 2.15. The lowest BCUT2D eigenvalue weighted by Gasteiger charge is -2.20. The van der Waals surface area contributed by atoms with Crippen molar-refractivity contribution in [2.24, 2.45) is 0 Å². The first-order valence-corrected chi connectivity index (χ1v) is 7.35. The Morgan fingerprint density at radius 1 is 1.42 bits per heavy atom. The largest absolute Gasteiger partial charge is 0.461 e. The zero-order valence-corrected chi connectivity index (χ0v) is 13.8. The van der Waals surface area contributed by atoms with Crippen LogP contribution in [0.25, 0.3) is 0 Å². The number of nitrogens with one attached hydrogen (secondary N) is 2. The SMILES string of the molecule is CO[C@H](C(=O)N[C@@H](CCC(=O)C=N)C(=O)OC(C)C)c1ncco1. The second-order valence-corrected chi connectivity index (χ2v) is 5.18. The number of carbonyl (C=O) groups excluding carboxylic acids is 3. The van der Waals surface area contributed by atoms with Crippen molar-refractivity contribution in [3.63, 3.8) is 0 Å². The van der Waals surface area contributed by atoms with Crippen molar-refractivity contribution in [3.05, 3.63) is 18.4 Å². The number of rotatable bonds is 10. The summed E-state index contributed by atoms with van der Waals surface area (Å²) in [6, 6.07) is -1.04. The molecular formula is C15H21N3O6. The van der Waals surface area contributed by atoms with Gasteiger partial charge in [-0.05, 0) is 20.3 Å². The zero-order chi connectivity index (χ0) is 18.1. The van der Waals surface area contributed by atoms with E-state index in [1.165, 1.54) is 19.6 Å². The molecular weight excluding hydrogens is 318 g/mol. The molecule has 0 saturated heterocycles. The Kier molecular flexibility index (Phi) is 7.76. The molecule has 0 unspecified atom stereocenters. The van der Waals surface area contributed by atoms with Crippen LogP contribution < -0.4 is 5.32 Å². The minimum absolute atomic E-state index is 0.00746. The number of amides is 1. The highest BCUT2D eigenvalue weighted by molar-refractivity contribution is 6.26. The predicted octanol–water partition coefficient (Wildman–Crippen LogP) is 0.797. The monoisotopic (exact) mass is 339 g/mol. The van der Waals surface area contributed by atoms with Crippen LogP contribution in [-0.2, 0) is 23.9 Å². The maximum Gasteiger partial charge on any atom is 0.328 e. The van der Waals surface area contributed by atoms with E-state index in [-0.39, 0.29) is 24.8 Å². The van der Waals surface area contributed by atoms with E-state index in [2.05, 4.69) is 10.3 Å². The minimum Gasteiger partial charge on any atom is -0.461 e. The van der Waals surface area contributed by atoms with Gasteiger partial charge in [0.1, 0.15) is 12.3 Å². The molecule has 0 radical (unpaired) electrons. The summed E-state index contributed by atoms with van der Waals surface area (Å²) in [5.74, 6) is -1.73. The van der Waals surface area contributed by atoms with Crippen LogP contribution in [0.15, 0.2) is 16.9 Å². The average molecular weight is 339 g/mol. The van der Waals surface area contributed by atoms with E-state index in [0.29, 0.717) is 6.21 Å². The molecule has 0 aliphatic carbocycles. The number of aromatic nitrogens is 1. The molecule has 9 heteroatoms. The van der Waals surface area contributed by atoms with E-state index < -0.39 is 29.8 Å². The van der Waals surface area contributed by atoms with Gasteiger partial charge in [-0.2, -0.15) is 0 Å². The molecule has 24 heavy (non-hydrogen) atoms. The number of hydrogen-bond donors (Lipinski definition) is 2. The topological polar surface area (TPSA) is 132 Å². The predicted molar refractivity (Wildman–Crippen MR) is 82.4 cm³/mol. The van der Waals surface area contributed by atoms with Crippen molar-refractivity contribution < 1.29 is 28.3 Å². The van der Waals surface area contributed by atoms with Crippen LogP contribution in [0.1, 0.15) is 38.7 Å². The van der Waals surface area contributed by atoms with Gasteiger partial charge in [-0.1, -0.05) is 0 Å². The molecule has 0 saturated carbocycles. The summed E-state index contributed by atoms with van der Waals surface area (Å²) >= 11 is 0. The smallest absolute Gasteiger partial charge is 0.328 e. The molecule has 1 heterocycles. The Morgan fingerprint density at radius 2 is 2.12 bits per heavy atom. The number of methoxy groups -OCH3 is 1.